The smallest absolute Gasteiger partial charge is 0.0564 e. The number of hydrogen-bond acceptors (Lipinski definition) is 4. The topological polar surface area (TPSA) is 38.7 Å². The van der Waals surface area contributed by atoms with Gasteiger partial charge in [0.25, 0.3) is 0 Å². The van der Waals surface area contributed by atoms with Gasteiger partial charge in [-0.2, -0.15) is 0 Å². The van der Waals surface area contributed by atoms with Gasteiger partial charge in [-0.25, -0.2) is 0 Å². The predicted octanol–water partition coefficient (Wildman–Crippen LogP) is 2.61. The fourth-order valence-electron chi connectivity index (χ4n) is 4.13. The van der Waals surface area contributed by atoms with Gasteiger partial charge >= 0.3 is 0 Å². The summed E-state index contributed by atoms with van der Waals surface area (Å²) in [7, 11) is 0. The molecule has 0 unspecified atom stereocenters. The van der Waals surface area contributed by atoms with Crippen molar-refractivity contribution in [2.24, 2.45) is 0 Å². The SMILES string of the molecule is CCCN1CCC(NCc2ccccc2CN2CCC(O)CC2)CC1. The highest BCUT2D eigenvalue weighted by Crippen LogP contribution is 2.17. The fourth-order valence-corrected chi connectivity index (χ4v) is 4.13. The van der Waals surface area contributed by atoms with E-state index in [1.807, 2.05) is 0 Å². The van der Waals surface area contributed by atoms with E-state index in [-0.39, 0.29) is 6.10 Å². The molecule has 4 nitrogen and oxygen atoms in total. The van der Waals surface area contributed by atoms with E-state index in [0.717, 1.165) is 39.0 Å². The molecule has 0 atom stereocenters. The van der Waals surface area contributed by atoms with E-state index in [2.05, 4.69) is 46.3 Å². The third-order valence-electron chi connectivity index (χ3n) is 5.78. The summed E-state index contributed by atoms with van der Waals surface area (Å²) in [5, 5.41) is 13.5. The average Bonchev–Trinajstić information content (AvgIpc) is 2.64. The Bertz CT molecular complexity index is 506. The van der Waals surface area contributed by atoms with Gasteiger partial charge in [0.15, 0.2) is 0 Å². The van der Waals surface area contributed by atoms with E-state index in [4.69, 9.17) is 0 Å². The van der Waals surface area contributed by atoms with E-state index < -0.39 is 0 Å². The van der Waals surface area contributed by atoms with Gasteiger partial charge in [0.05, 0.1) is 6.10 Å². The predicted molar refractivity (Wildman–Crippen MR) is 104 cm³/mol. The summed E-state index contributed by atoms with van der Waals surface area (Å²) in [6.07, 6.45) is 5.54. The first kappa shape index (κ1) is 18.8. The maximum absolute atomic E-state index is 9.69. The van der Waals surface area contributed by atoms with Crippen LogP contribution in [-0.4, -0.2) is 59.8 Å². The molecule has 0 spiro atoms. The average molecular weight is 346 g/mol. The highest BCUT2D eigenvalue weighted by Gasteiger charge is 2.20. The fraction of sp³-hybridized carbons (Fsp3) is 0.714. The van der Waals surface area contributed by atoms with Crippen molar-refractivity contribution in [3.63, 3.8) is 0 Å². The molecule has 3 rings (SSSR count). The lowest BCUT2D eigenvalue weighted by Crippen LogP contribution is -2.42. The molecule has 0 bridgehead atoms. The van der Waals surface area contributed by atoms with E-state index >= 15 is 0 Å². The van der Waals surface area contributed by atoms with Crippen molar-refractivity contribution in [3.8, 4) is 0 Å². The second-order valence-electron chi connectivity index (χ2n) is 7.77. The molecular formula is C21H35N3O. The van der Waals surface area contributed by atoms with Crippen LogP contribution in [0.5, 0.6) is 0 Å². The van der Waals surface area contributed by atoms with Crippen LogP contribution < -0.4 is 5.32 Å². The van der Waals surface area contributed by atoms with E-state index in [9.17, 15) is 5.11 Å². The summed E-state index contributed by atoms with van der Waals surface area (Å²) >= 11 is 0. The van der Waals surface area contributed by atoms with Crippen LogP contribution in [-0.2, 0) is 13.1 Å². The zero-order valence-electron chi connectivity index (χ0n) is 15.8. The molecular weight excluding hydrogens is 310 g/mol. The Morgan fingerprint density at radius 3 is 2.28 bits per heavy atom. The van der Waals surface area contributed by atoms with Gasteiger partial charge in [0.2, 0.25) is 0 Å². The molecule has 1 aromatic carbocycles. The maximum atomic E-state index is 9.69. The van der Waals surface area contributed by atoms with E-state index in [1.54, 1.807) is 0 Å². The lowest BCUT2D eigenvalue weighted by molar-refractivity contribution is 0.0791. The minimum Gasteiger partial charge on any atom is -0.393 e. The minimum absolute atomic E-state index is 0.0910. The largest absolute Gasteiger partial charge is 0.393 e. The molecule has 25 heavy (non-hydrogen) atoms. The first-order chi connectivity index (χ1) is 12.2. The monoisotopic (exact) mass is 345 g/mol. The molecule has 0 aliphatic carbocycles. The number of aliphatic hydroxyl groups excluding tert-OH is 1. The van der Waals surface area contributed by atoms with Gasteiger partial charge in [0, 0.05) is 32.2 Å². The van der Waals surface area contributed by atoms with Crippen LogP contribution in [0.15, 0.2) is 24.3 Å². The number of rotatable bonds is 7. The Morgan fingerprint density at radius 1 is 0.960 bits per heavy atom. The van der Waals surface area contributed by atoms with Gasteiger partial charge in [-0.1, -0.05) is 31.2 Å². The maximum Gasteiger partial charge on any atom is 0.0564 e. The lowest BCUT2D eigenvalue weighted by Gasteiger charge is -2.32. The molecule has 140 valence electrons. The second kappa shape index (κ2) is 9.67. The number of benzene rings is 1. The van der Waals surface area contributed by atoms with Crippen LogP contribution in [0.25, 0.3) is 0 Å². The van der Waals surface area contributed by atoms with Crippen LogP contribution >= 0.6 is 0 Å². The molecule has 2 N–H and O–H groups in total. The minimum atomic E-state index is -0.0910. The molecule has 4 heteroatoms. The zero-order chi connectivity index (χ0) is 17.5. The molecule has 0 amide bonds. The Hall–Kier alpha value is -0.940. The zero-order valence-corrected chi connectivity index (χ0v) is 15.8. The number of hydrogen-bond donors (Lipinski definition) is 2. The lowest BCUT2D eigenvalue weighted by atomic mass is 10.0. The number of nitrogens with one attached hydrogen (secondary N) is 1. The highest BCUT2D eigenvalue weighted by molar-refractivity contribution is 5.27. The van der Waals surface area contributed by atoms with Gasteiger partial charge in [-0.05, 0) is 62.9 Å². The molecule has 2 saturated heterocycles. The van der Waals surface area contributed by atoms with Gasteiger partial charge in [0.1, 0.15) is 0 Å². The van der Waals surface area contributed by atoms with Crippen LogP contribution in [0.3, 0.4) is 0 Å². The highest BCUT2D eigenvalue weighted by atomic mass is 16.3. The van der Waals surface area contributed by atoms with Gasteiger partial charge < -0.3 is 15.3 Å². The molecule has 2 heterocycles. The normalized spacial score (nSPS) is 21.7. The van der Waals surface area contributed by atoms with Crippen LogP contribution in [0.2, 0.25) is 0 Å². The molecule has 0 radical (unpaired) electrons. The molecule has 1 aromatic rings. The van der Waals surface area contributed by atoms with Gasteiger partial charge in [-0.3, -0.25) is 4.90 Å². The number of likely N-dealkylation sites (tertiary alicyclic amines) is 2. The number of piperidine rings is 2. The first-order valence-electron chi connectivity index (χ1n) is 10.2. The van der Waals surface area contributed by atoms with Crippen LogP contribution in [0.4, 0.5) is 0 Å². The van der Waals surface area contributed by atoms with Crippen molar-refractivity contribution in [2.45, 2.75) is 64.3 Å². The Labute approximate surface area is 153 Å². The first-order valence-corrected chi connectivity index (χ1v) is 10.2. The molecule has 2 aliphatic heterocycles. The van der Waals surface area contributed by atoms with Crippen LogP contribution in [0.1, 0.15) is 50.2 Å². The summed E-state index contributed by atoms with van der Waals surface area (Å²) in [6, 6.07) is 9.51. The third-order valence-corrected chi connectivity index (χ3v) is 5.78. The van der Waals surface area contributed by atoms with Crippen molar-refractivity contribution < 1.29 is 5.11 Å². The Balaban J connectivity index is 1.48. The summed E-state index contributed by atoms with van der Waals surface area (Å²) in [4.78, 5) is 5.08. The number of nitrogens with zero attached hydrogens (tertiary/aromatic N) is 2. The van der Waals surface area contributed by atoms with Crippen LogP contribution in [0, 0.1) is 0 Å². The van der Waals surface area contributed by atoms with E-state index in [0.29, 0.717) is 6.04 Å². The van der Waals surface area contributed by atoms with Crippen molar-refractivity contribution >= 4 is 0 Å². The quantitative estimate of drug-likeness (QED) is 0.797. The van der Waals surface area contributed by atoms with Crippen molar-refractivity contribution in [1.82, 2.24) is 15.1 Å². The van der Waals surface area contributed by atoms with Crippen molar-refractivity contribution in [2.75, 3.05) is 32.7 Å². The van der Waals surface area contributed by atoms with Crippen molar-refractivity contribution in [3.05, 3.63) is 35.4 Å². The molecule has 0 aromatic heterocycles. The summed E-state index contributed by atoms with van der Waals surface area (Å²) in [5.74, 6) is 0. The summed E-state index contributed by atoms with van der Waals surface area (Å²) in [5.41, 5.74) is 2.87. The summed E-state index contributed by atoms with van der Waals surface area (Å²) < 4.78 is 0. The summed E-state index contributed by atoms with van der Waals surface area (Å²) in [6.45, 7) is 10.0. The number of aliphatic hydroxyl groups is 1. The Morgan fingerprint density at radius 2 is 1.60 bits per heavy atom. The second-order valence-corrected chi connectivity index (χ2v) is 7.77. The van der Waals surface area contributed by atoms with Gasteiger partial charge in [-0.15, -0.1) is 0 Å². The molecule has 0 saturated carbocycles. The third kappa shape index (κ3) is 5.78. The molecule has 2 aliphatic rings. The standard InChI is InChI=1S/C21H35N3O/c1-2-11-23-12-7-20(8-13-23)22-16-18-5-3-4-6-19(18)17-24-14-9-21(25)10-15-24/h3-6,20-22,25H,2,7-17H2,1H3. The Kier molecular flexibility index (Phi) is 7.29. The van der Waals surface area contributed by atoms with Crippen molar-refractivity contribution in [1.29, 1.82) is 0 Å². The molecule has 2 fully saturated rings. The van der Waals surface area contributed by atoms with E-state index in [1.165, 1.54) is 50.0 Å².